The molecule has 3 rings (SSSR count). The average Bonchev–Trinajstić information content (AvgIpc) is 2.57. The zero-order valence-electron chi connectivity index (χ0n) is 12.4. The summed E-state index contributed by atoms with van der Waals surface area (Å²) in [7, 11) is 0. The first-order chi connectivity index (χ1) is 11.1. The molecule has 0 fully saturated rings. The van der Waals surface area contributed by atoms with Gasteiger partial charge in [0, 0.05) is 17.5 Å². The Balaban J connectivity index is 1.65. The molecule has 120 valence electrons. The Morgan fingerprint density at radius 3 is 2.91 bits per heavy atom. The van der Waals surface area contributed by atoms with Gasteiger partial charge in [-0.2, -0.15) is 0 Å². The Bertz CT molecular complexity index is 735. The molecule has 0 aliphatic heterocycles. The molecule has 0 radical (unpaired) electrons. The molecule has 1 aliphatic carbocycles. The number of nitrogens with zero attached hydrogens (tertiary/aromatic N) is 1. The number of halogens is 2. The fourth-order valence-corrected chi connectivity index (χ4v) is 3.01. The van der Waals surface area contributed by atoms with Crippen molar-refractivity contribution < 1.29 is 9.53 Å². The van der Waals surface area contributed by atoms with E-state index >= 15 is 0 Å². The molecule has 2 aromatic rings. The highest BCUT2D eigenvalue weighted by Crippen LogP contribution is 2.30. The Morgan fingerprint density at radius 2 is 2.04 bits per heavy atom. The summed E-state index contributed by atoms with van der Waals surface area (Å²) in [5.74, 6) is 0.456. The molecule has 0 saturated heterocycles. The largest absolute Gasteiger partial charge is 0.483 e. The number of carbonyl (C=O) groups excluding carboxylic acids is 1. The van der Waals surface area contributed by atoms with E-state index in [1.165, 1.54) is 0 Å². The molecule has 1 aromatic carbocycles. The molecule has 0 atom stereocenters. The van der Waals surface area contributed by atoms with E-state index in [0.29, 0.717) is 15.7 Å². The van der Waals surface area contributed by atoms with E-state index in [9.17, 15) is 4.79 Å². The Kier molecular flexibility index (Phi) is 5.03. The van der Waals surface area contributed by atoms with Crippen molar-refractivity contribution in [3.63, 3.8) is 0 Å². The Labute approximate surface area is 144 Å². The molecule has 0 saturated carbocycles. The number of rotatable bonds is 4. The topological polar surface area (TPSA) is 51.2 Å². The second-order valence-corrected chi connectivity index (χ2v) is 6.16. The van der Waals surface area contributed by atoms with E-state index in [1.54, 1.807) is 24.4 Å². The van der Waals surface area contributed by atoms with Crippen molar-refractivity contribution in [3.05, 3.63) is 51.8 Å². The predicted molar refractivity (Wildman–Crippen MR) is 91.5 cm³/mol. The van der Waals surface area contributed by atoms with Gasteiger partial charge in [-0.1, -0.05) is 29.3 Å². The maximum atomic E-state index is 12.1. The van der Waals surface area contributed by atoms with E-state index in [4.69, 9.17) is 27.9 Å². The molecule has 1 amide bonds. The van der Waals surface area contributed by atoms with E-state index in [1.807, 2.05) is 6.07 Å². The lowest BCUT2D eigenvalue weighted by Gasteiger charge is -2.18. The quantitative estimate of drug-likeness (QED) is 0.894. The second kappa shape index (κ2) is 7.20. The maximum absolute atomic E-state index is 12.1. The van der Waals surface area contributed by atoms with E-state index in [2.05, 4.69) is 10.3 Å². The lowest BCUT2D eigenvalue weighted by molar-refractivity contribution is -0.118. The van der Waals surface area contributed by atoms with Crippen LogP contribution in [0.3, 0.4) is 0 Å². The molecule has 1 N–H and O–H groups in total. The fourth-order valence-electron chi connectivity index (χ4n) is 2.66. The van der Waals surface area contributed by atoms with Crippen molar-refractivity contribution in [1.82, 2.24) is 4.98 Å². The Hall–Kier alpha value is -1.78. The van der Waals surface area contributed by atoms with Gasteiger partial charge in [0.2, 0.25) is 0 Å². The number of anilines is 1. The first-order valence-electron chi connectivity index (χ1n) is 7.48. The lowest BCUT2D eigenvalue weighted by atomic mass is 9.95. The van der Waals surface area contributed by atoms with Crippen molar-refractivity contribution in [2.45, 2.75) is 25.7 Å². The smallest absolute Gasteiger partial charge is 0.262 e. The molecule has 6 heteroatoms. The molecular weight excluding hydrogens is 335 g/mol. The normalized spacial score (nSPS) is 13.3. The number of carbonyl (C=O) groups is 1. The zero-order valence-corrected chi connectivity index (χ0v) is 14.0. The van der Waals surface area contributed by atoms with Gasteiger partial charge < -0.3 is 10.1 Å². The minimum absolute atomic E-state index is 0.0840. The summed E-state index contributed by atoms with van der Waals surface area (Å²) in [5.41, 5.74) is 2.67. The highest BCUT2D eigenvalue weighted by Gasteiger charge is 2.16. The van der Waals surface area contributed by atoms with Crippen LogP contribution in [0, 0.1) is 0 Å². The number of hydrogen-bond acceptors (Lipinski definition) is 3. The van der Waals surface area contributed by atoms with E-state index in [-0.39, 0.29) is 12.5 Å². The van der Waals surface area contributed by atoms with Crippen molar-refractivity contribution in [2.75, 3.05) is 11.9 Å². The van der Waals surface area contributed by atoms with Crippen LogP contribution in [0.25, 0.3) is 0 Å². The SMILES string of the molecule is O=C(COc1ccnc2c1CCCC2)Nc1cccc(Cl)c1Cl. The number of aromatic nitrogens is 1. The van der Waals surface area contributed by atoms with Crippen LogP contribution in [0.5, 0.6) is 5.75 Å². The van der Waals surface area contributed by atoms with Gasteiger partial charge in [0.1, 0.15) is 5.75 Å². The highest BCUT2D eigenvalue weighted by molar-refractivity contribution is 6.43. The first-order valence-corrected chi connectivity index (χ1v) is 8.24. The lowest BCUT2D eigenvalue weighted by Crippen LogP contribution is -2.21. The van der Waals surface area contributed by atoms with Crippen LogP contribution in [-0.4, -0.2) is 17.5 Å². The van der Waals surface area contributed by atoms with Gasteiger partial charge >= 0.3 is 0 Å². The molecule has 0 unspecified atom stereocenters. The van der Waals surface area contributed by atoms with Crippen LogP contribution in [0.2, 0.25) is 10.0 Å². The number of ether oxygens (including phenoxy) is 1. The fraction of sp³-hybridized carbons (Fsp3) is 0.294. The van der Waals surface area contributed by atoms with E-state index in [0.717, 1.165) is 42.7 Å². The van der Waals surface area contributed by atoms with Crippen LogP contribution >= 0.6 is 23.2 Å². The van der Waals surface area contributed by atoms with Crippen LogP contribution in [0.1, 0.15) is 24.1 Å². The number of aryl methyl sites for hydroxylation is 1. The average molecular weight is 351 g/mol. The van der Waals surface area contributed by atoms with Gasteiger partial charge in [-0.05, 0) is 43.9 Å². The number of amides is 1. The molecular formula is C17H16Cl2N2O2. The number of pyridine rings is 1. The minimum atomic E-state index is -0.282. The molecule has 23 heavy (non-hydrogen) atoms. The molecule has 1 aliphatic rings. The highest BCUT2D eigenvalue weighted by atomic mass is 35.5. The summed E-state index contributed by atoms with van der Waals surface area (Å²) in [5, 5.41) is 3.43. The molecule has 0 spiro atoms. The van der Waals surface area contributed by atoms with Gasteiger partial charge in [-0.25, -0.2) is 0 Å². The van der Waals surface area contributed by atoms with Crippen molar-refractivity contribution in [1.29, 1.82) is 0 Å². The monoisotopic (exact) mass is 350 g/mol. The van der Waals surface area contributed by atoms with Gasteiger partial charge in [0.05, 0.1) is 15.7 Å². The summed E-state index contributed by atoms with van der Waals surface area (Å²) in [6.45, 7) is -0.0840. The summed E-state index contributed by atoms with van der Waals surface area (Å²) in [4.78, 5) is 16.4. The molecule has 4 nitrogen and oxygen atoms in total. The molecule has 0 bridgehead atoms. The van der Waals surface area contributed by atoms with Crippen molar-refractivity contribution in [3.8, 4) is 5.75 Å². The third-order valence-corrected chi connectivity index (χ3v) is 4.60. The Morgan fingerprint density at radius 1 is 1.22 bits per heavy atom. The van der Waals surface area contributed by atoms with Crippen LogP contribution in [-0.2, 0) is 17.6 Å². The maximum Gasteiger partial charge on any atom is 0.262 e. The minimum Gasteiger partial charge on any atom is -0.483 e. The van der Waals surface area contributed by atoms with Gasteiger partial charge in [-0.15, -0.1) is 0 Å². The van der Waals surface area contributed by atoms with Gasteiger partial charge in [0.15, 0.2) is 6.61 Å². The number of hydrogen-bond donors (Lipinski definition) is 1. The van der Waals surface area contributed by atoms with Crippen LogP contribution < -0.4 is 10.1 Å². The van der Waals surface area contributed by atoms with E-state index < -0.39 is 0 Å². The standard InChI is InChI=1S/C17H16Cl2N2O2/c18-12-5-3-7-14(17(12)19)21-16(22)10-23-15-8-9-20-13-6-2-1-4-11(13)15/h3,5,7-9H,1-2,4,6,10H2,(H,21,22). The third-order valence-electron chi connectivity index (χ3n) is 3.78. The third kappa shape index (κ3) is 3.77. The number of fused-ring (bicyclic) bond motifs is 1. The summed E-state index contributed by atoms with van der Waals surface area (Å²) in [6, 6.07) is 6.90. The van der Waals surface area contributed by atoms with Crippen molar-refractivity contribution in [2.24, 2.45) is 0 Å². The number of benzene rings is 1. The molecule has 1 heterocycles. The summed E-state index contributed by atoms with van der Waals surface area (Å²) >= 11 is 12.0. The number of nitrogens with one attached hydrogen (secondary N) is 1. The van der Waals surface area contributed by atoms with Crippen LogP contribution in [0.4, 0.5) is 5.69 Å². The zero-order chi connectivity index (χ0) is 16.2. The second-order valence-electron chi connectivity index (χ2n) is 5.38. The van der Waals surface area contributed by atoms with Gasteiger partial charge in [0.25, 0.3) is 5.91 Å². The van der Waals surface area contributed by atoms with Crippen LogP contribution in [0.15, 0.2) is 30.5 Å². The van der Waals surface area contributed by atoms with Gasteiger partial charge in [-0.3, -0.25) is 9.78 Å². The predicted octanol–water partition coefficient (Wildman–Crippen LogP) is 4.28. The first kappa shape index (κ1) is 16.1. The summed E-state index contributed by atoms with van der Waals surface area (Å²) in [6.07, 6.45) is 5.92. The summed E-state index contributed by atoms with van der Waals surface area (Å²) < 4.78 is 5.68. The van der Waals surface area contributed by atoms with Crippen molar-refractivity contribution >= 4 is 34.8 Å². The molecule has 1 aromatic heterocycles.